The molecule has 0 aliphatic rings. The summed E-state index contributed by atoms with van der Waals surface area (Å²) in [5.74, 6) is 0.690. The Morgan fingerprint density at radius 1 is 0.300 bits per heavy atom. The Morgan fingerprint density at radius 2 is 0.800 bits per heavy atom. The highest BCUT2D eigenvalue weighted by molar-refractivity contribution is 7.26. The van der Waals surface area contributed by atoms with E-state index in [9.17, 15) is 0 Å². The van der Waals surface area contributed by atoms with E-state index in [1.165, 1.54) is 56.9 Å². The van der Waals surface area contributed by atoms with Crippen LogP contribution in [0.5, 0.6) is 0 Å². The number of hydrogen-bond acceptors (Lipinski definition) is 5. The third-order valence-corrected chi connectivity index (χ3v) is 13.9. The zero-order chi connectivity index (χ0) is 39.6. The Bertz CT molecular complexity index is 3470. The van der Waals surface area contributed by atoms with Gasteiger partial charge in [-0.25, -0.2) is 9.97 Å². The van der Waals surface area contributed by atoms with Gasteiger partial charge in [-0.05, 0) is 93.9 Å². The number of fused-ring (bicyclic) bond motifs is 7. The molecule has 0 fully saturated rings. The van der Waals surface area contributed by atoms with E-state index in [0.717, 1.165) is 55.7 Å². The number of benzene rings is 8. The summed E-state index contributed by atoms with van der Waals surface area (Å²) in [5, 5.41) is 7.46. The lowest BCUT2D eigenvalue weighted by Crippen LogP contribution is -1.96. The van der Waals surface area contributed by atoms with E-state index in [4.69, 9.17) is 9.97 Å². The SMILES string of the molecule is c1ccc(-c2nc(-c3ccc(-c4cncc5ccccc45)cc3)cc(-c3cc(-c4ccc5sc6ccccc6c5c4)cc(-c4ccc5sc6ccccc6c5c4)c3)n2)cc1. The van der Waals surface area contributed by atoms with E-state index in [2.05, 4.69) is 175 Å². The molecule has 0 aliphatic carbocycles. The molecule has 0 aliphatic heterocycles. The lowest BCUT2D eigenvalue weighted by Gasteiger charge is -2.14. The first-order chi connectivity index (χ1) is 29.7. The Morgan fingerprint density at radius 3 is 1.45 bits per heavy atom. The molecule has 0 saturated heterocycles. The molecule has 12 rings (SSSR count). The molecule has 0 bridgehead atoms. The summed E-state index contributed by atoms with van der Waals surface area (Å²) in [6.45, 7) is 0. The largest absolute Gasteiger partial charge is 0.263 e. The smallest absolute Gasteiger partial charge is 0.160 e. The highest BCUT2D eigenvalue weighted by Gasteiger charge is 2.16. The summed E-state index contributed by atoms with van der Waals surface area (Å²) in [4.78, 5) is 15.1. The number of rotatable bonds is 6. The van der Waals surface area contributed by atoms with Crippen molar-refractivity contribution in [2.75, 3.05) is 0 Å². The number of pyridine rings is 1. The highest BCUT2D eigenvalue weighted by Crippen LogP contribution is 2.41. The molecule has 12 aromatic rings. The summed E-state index contributed by atoms with van der Waals surface area (Å²) < 4.78 is 5.20. The minimum Gasteiger partial charge on any atom is -0.263 e. The predicted octanol–water partition coefficient (Wildman–Crippen LogP) is 15.8. The summed E-state index contributed by atoms with van der Waals surface area (Å²) in [6.07, 6.45) is 3.88. The Labute approximate surface area is 354 Å². The van der Waals surface area contributed by atoms with E-state index in [-0.39, 0.29) is 0 Å². The molecule has 5 heteroatoms. The van der Waals surface area contributed by atoms with E-state index in [1.54, 1.807) is 0 Å². The van der Waals surface area contributed by atoms with Gasteiger partial charge in [0.25, 0.3) is 0 Å². The molecule has 60 heavy (non-hydrogen) atoms. The summed E-state index contributed by atoms with van der Waals surface area (Å²) in [6, 6.07) is 67.7. The van der Waals surface area contributed by atoms with Gasteiger partial charge in [-0.15, -0.1) is 22.7 Å². The molecular formula is C55H33N3S2. The molecule has 4 heterocycles. The van der Waals surface area contributed by atoms with Gasteiger partial charge in [0.15, 0.2) is 5.82 Å². The van der Waals surface area contributed by atoms with Crippen molar-refractivity contribution >= 4 is 73.8 Å². The molecule has 0 N–H and O–H groups in total. The van der Waals surface area contributed by atoms with Crippen LogP contribution in [0.15, 0.2) is 200 Å². The van der Waals surface area contributed by atoms with Crippen LogP contribution < -0.4 is 0 Å². The van der Waals surface area contributed by atoms with Gasteiger partial charge in [-0.3, -0.25) is 4.98 Å². The molecule has 3 nitrogen and oxygen atoms in total. The van der Waals surface area contributed by atoms with Gasteiger partial charge in [0, 0.05) is 80.4 Å². The van der Waals surface area contributed by atoms with Crippen LogP contribution >= 0.6 is 22.7 Å². The van der Waals surface area contributed by atoms with E-state index in [1.807, 2.05) is 53.3 Å². The molecular weight excluding hydrogens is 767 g/mol. The molecule has 280 valence electrons. The first-order valence-electron chi connectivity index (χ1n) is 20.1. The topological polar surface area (TPSA) is 38.7 Å². The van der Waals surface area contributed by atoms with Crippen molar-refractivity contribution in [3.63, 3.8) is 0 Å². The quantitative estimate of drug-likeness (QED) is 0.168. The predicted molar refractivity (Wildman–Crippen MR) is 256 cm³/mol. The molecule has 0 spiro atoms. The number of aromatic nitrogens is 3. The van der Waals surface area contributed by atoms with Crippen LogP contribution in [-0.2, 0) is 0 Å². The second kappa shape index (κ2) is 14.2. The van der Waals surface area contributed by atoms with E-state index >= 15 is 0 Å². The fraction of sp³-hybridized carbons (Fsp3) is 0. The molecule has 0 amide bonds. The summed E-state index contributed by atoms with van der Waals surface area (Å²) in [5.41, 5.74) is 11.6. The first-order valence-corrected chi connectivity index (χ1v) is 21.7. The van der Waals surface area contributed by atoms with Crippen molar-refractivity contribution in [1.82, 2.24) is 15.0 Å². The third-order valence-electron chi connectivity index (χ3n) is 11.6. The van der Waals surface area contributed by atoms with Crippen LogP contribution in [0, 0.1) is 0 Å². The van der Waals surface area contributed by atoms with Gasteiger partial charge < -0.3 is 0 Å². The standard InChI is InChI=1S/C55H33N3S2/c1-2-10-36(11-3-1)55-57-49(35-20-18-34(19-21-35)48-33-56-32-39-12-4-5-13-43(39)48)31-50(58-55)42-27-40(37-22-24-53-46(29-37)44-14-6-8-16-51(44)59-53)26-41(28-42)38-23-25-54-47(30-38)45-15-7-9-17-52(45)60-54/h1-33H. The summed E-state index contributed by atoms with van der Waals surface area (Å²) >= 11 is 3.70. The average molecular weight is 800 g/mol. The van der Waals surface area contributed by atoms with Crippen molar-refractivity contribution in [2.45, 2.75) is 0 Å². The maximum atomic E-state index is 5.32. The summed E-state index contributed by atoms with van der Waals surface area (Å²) in [7, 11) is 0. The monoisotopic (exact) mass is 799 g/mol. The number of thiophene rings is 2. The Hall–Kier alpha value is -7.31. The second-order valence-electron chi connectivity index (χ2n) is 15.2. The van der Waals surface area contributed by atoms with E-state index < -0.39 is 0 Å². The lowest BCUT2D eigenvalue weighted by atomic mass is 9.93. The van der Waals surface area contributed by atoms with E-state index in [0.29, 0.717) is 5.82 Å². The van der Waals surface area contributed by atoms with Crippen LogP contribution in [-0.4, -0.2) is 15.0 Å². The highest BCUT2D eigenvalue weighted by atomic mass is 32.1. The van der Waals surface area contributed by atoms with Crippen LogP contribution in [0.4, 0.5) is 0 Å². The van der Waals surface area contributed by atoms with Crippen LogP contribution in [0.3, 0.4) is 0 Å². The van der Waals surface area contributed by atoms with Gasteiger partial charge in [0.1, 0.15) is 0 Å². The van der Waals surface area contributed by atoms with Crippen molar-refractivity contribution in [3.8, 4) is 67.3 Å². The molecule has 8 aromatic carbocycles. The molecule has 0 radical (unpaired) electrons. The van der Waals surface area contributed by atoms with Gasteiger partial charge in [-0.1, -0.05) is 127 Å². The van der Waals surface area contributed by atoms with Crippen molar-refractivity contribution in [3.05, 3.63) is 200 Å². The minimum atomic E-state index is 0.690. The number of nitrogens with zero attached hydrogens (tertiary/aromatic N) is 3. The van der Waals surface area contributed by atoms with Crippen LogP contribution in [0.2, 0.25) is 0 Å². The normalized spacial score (nSPS) is 11.7. The van der Waals surface area contributed by atoms with Gasteiger partial charge in [0.05, 0.1) is 11.4 Å². The van der Waals surface area contributed by atoms with Gasteiger partial charge in [0.2, 0.25) is 0 Å². The number of hydrogen-bond donors (Lipinski definition) is 0. The van der Waals surface area contributed by atoms with Gasteiger partial charge in [-0.2, -0.15) is 0 Å². The average Bonchev–Trinajstić information content (AvgIpc) is 3.89. The third kappa shape index (κ3) is 6.06. The van der Waals surface area contributed by atoms with Crippen molar-refractivity contribution in [2.24, 2.45) is 0 Å². The second-order valence-corrected chi connectivity index (χ2v) is 17.4. The Kier molecular flexibility index (Phi) is 8.22. The maximum Gasteiger partial charge on any atom is 0.160 e. The lowest BCUT2D eigenvalue weighted by molar-refractivity contribution is 1.18. The fourth-order valence-corrected chi connectivity index (χ4v) is 10.7. The molecule has 0 unspecified atom stereocenters. The molecule has 0 atom stereocenters. The maximum absolute atomic E-state index is 5.32. The first kappa shape index (κ1) is 34.7. The van der Waals surface area contributed by atoms with Crippen LogP contribution in [0.25, 0.3) is 118 Å². The van der Waals surface area contributed by atoms with Gasteiger partial charge >= 0.3 is 0 Å². The zero-order valence-corrected chi connectivity index (χ0v) is 33.8. The minimum absolute atomic E-state index is 0.690. The van der Waals surface area contributed by atoms with Crippen LogP contribution in [0.1, 0.15) is 0 Å². The van der Waals surface area contributed by atoms with Crippen molar-refractivity contribution < 1.29 is 0 Å². The zero-order valence-electron chi connectivity index (χ0n) is 32.2. The van der Waals surface area contributed by atoms with Crippen molar-refractivity contribution in [1.29, 1.82) is 0 Å². The molecule has 0 saturated carbocycles. The molecule has 4 aromatic heterocycles. The fourth-order valence-electron chi connectivity index (χ4n) is 8.55. The Balaban J connectivity index is 1.04.